The van der Waals surface area contributed by atoms with Gasteiger partial charge in [-0.1, -0.05) is 71.9 Å². The van der Waals surface area contributed by atoms with E-state index in [1.807, 2.05) is 0 Å². The molecule has 0 N–H and O–H groups in total. The Balaban J connectivity index is 0.00000200. The van der Waals surface area contributed by atoms with Gasteiger partial charge in [-0.3, -0.25) is 0 Å². The maximum absolute atomic E-state index is 2.40. The van der Waals surface area contributed by atoms with Gasteiger partial charge in [-0.05, 0) is 45.2 Å². The first kappa shape index (κ1) is 17.8. The van der Waals surface area contributed by atoms with Gasteiger partial charge in [0.05, 0.1) is 0 Å². The van der Waals surface area contributed by atoms with Crippen molar-refractivity contribution < 1.29 is 0 Å². The smallest absolute Gasteiger partial charge is 0 e. The van der Waals surface area contributed by atoms with E-state index >= 15 is 0 Å². The van der Waals surface area contributed by atoms with E-state index in [-0.39, 0.29) is 29.6 Å². The predicted molar refractivity (Wildman–Crippen MR) is 92.0 cm³/mol. The normalized spacial score (nSPS) is 11.4. The Morgan fingerprint density at radius 1 is 0.700 bits per heavy atom. The zero-order valence-electron chi connectivity index (χ0n) is 14.1. The van der Waals surface area contributed by atoms with Gasteiger partial charge < -0.3 is 0 Å². The van der Waals surface area contributed by atoms with Crippen LogP contribution in [-0.4, -0.2) is 29.6 Å². The summed E-state index contributed by atoms with van der Waals surface area (Å²) in [7, 11) is 0. The number of rotatable bonds is 3. The van der Waals surface area contributed by atoms with Crippen molar-refractivity contribution in [1.29, 1.82) is 0 Å². The molecule has 0 heterocycles. The molecular weight excluding hydrogens is 251 g/mol. The first-order valence-electron chi connectivity index (χ1n) is 7.48. The van der Waals surface area contributed by atoms with Gasteiger partial charge in [-0.2, -0.15) is 0 Å². The Kier molecular flexibility index (Phi) is 6.31. The minimum absolute atomic E-state index is 0. The minimum atomic E-state index is 0. The molecule has 1 heteroatoms. The largest absolute Gasteiger partial charge is 0.0616 e. The zero-order valence-corrected chi connectivity index (χ0v) is 16.1. The van der Waals surface area contributed by atoms with E-state index in [1.165, 1.54) is 16.3 Å². The van der Waals surface area contributed by atoms with E-state index in [0.717, 1.165) is 0 Å². The first-order chi connectivity index (χ1) is 8.93. The molecule has 103 valence electrons. The standard InChI is InChI=1S/C19H26.Na/c1-12(2)17-11-15-9-7-8-10-16(15)18(13(3)4)19(17)14(5)6;/h7-14H,1-6H3;. The van der Waals surface area contributed by atoms with Gasteiger partial charge >= 0.3 is 0 Å². The molecule has 0 aliphatic carbocycles. The summed E-state index contributed by atoms with van der Waals surface area (Å²) in [6, 6.07) is 11.2. The second kappa shape index (κ2) is 7.11. The Labute approximate surface area is 146 Å². The maximum Gasteiger partial charge on any atom is 0 e. The summed E-state index contributed by atoms with van der Waals surface area (Å²) in [4.78, 5) is 0. The van der Waals surface area contributed by atoms with Crippen LogP contribution >= 0.6 is 0 Å². The van der Waals surface area contributed by atoms with Gasteiger partial charge in [-0.15, -0.1) is 0 Å². The van der Waals surface area contributed by atoms with Crippen LogP contribution in [0.25, 0.3) is 10.8 Å². The monoisotopic (exact) mass is 277 g/mol. The molecule has 20 heavy (non-hydrogen) atoms. The molecule has 0 saturated heterocycles. The fourth-order valence-electron chi connectivity index (χ4n) is 3.16. The van der Waals surface area contributed by atoms with Gasteiger partial charge in [0.1, 0.15) is 0 Å². The number of benzene rings is 2. The van der Waals surface area contributed by atoms with Crippen molar-refractivity contribution in [3.05, 3.63) is 47.0 Å². The predicted octanol–water partition coefficient (Wildman–Crippen LogP) is 5.83. The average molecular weight is 277 g/mol. The van der Waals surface area contributed by atoms with Crippen LogP contribution in [0.4, 0.5) is 0 Å². The van der Waals surface area contributed by atoms with Crippen molar-refractivity contribution in [2.75, 3.05) is 0 Å². The topological polar surface area (TPSA) is 0 Å². The Morgan fingerprint density at radius 2 is 1.25 bits per heavy atom. The molecule has 0 aromatic heterocycles. The Morgan fingerprint density at radius 3 is 1.75 bits per heavy atom. The summed E-state index contributed by atoms with van der Waals surface area (Å²) >= 11 is 0. The van der Waals surface area contributed by atoms with Crippen LogP contribution in [0.3, 0.4) is 0 Å². The van der Waals surface area contributed by atoms with Gasteiger partial charge in [0.25, 0.3) is 0 Å². The van der Waals surface area contributed by atoms with E-state index in [9.17, 15) is 0 Å². The van der Waals surface area contributed by atoms with Crippen molar-refractivity contribution in [2.24, 2.45) is 0 Å². The quantitative estimate of drug-likeness (QED) is 0.619. The molecule has 0 atom stereocenters. The molecular formula is C19H26Na. The number of fused-ring (bicyclic) bond motifs is 1. The first-order valence-corrected chi connectivity index (χ1v) is 7.48. The second-order valence-corrected chi connectivity index (χ2v) is 6.48. The van der Waals surface area contributed by atoms with Crippen molar-refractivity contribution in [3.8, 4) is 0 Å². The number of hydrogen-bond acceptors (Lipinski definition) is 0. The van der Waals surface area contributed by atoms with Crippen LogP contribution in [-0.2, 0) is 0 Å². The molecule has 2 aromatic carbocycles. The van der Waals surface area contributed by atoms with Crippen molar-refractivity contribution in [3.63, 3.8) is 0 Å². The SMILES string of the molecule is CC(C)c1cc2ccccc2c(C(C)C)c1C(C)C.[Na]. The van der Waals surface area contributed by atoms with Crippen LogP contribution in [0.15, 0.2) is 30.3 Å². The molecule has 0 aliphatic rings. The molecule has 0 nitrogen and oxygen atoms in total. The fourth-order valence-corrected chi connectivity index (χ4v) is 3.16. The summed E-state index contributed by atoms with van der Waals surface area (Å²) in [5, 5.41) is 2.82. The average Bonchev–Trinajstić information content (AvgIpc) is 2.35. The Hall–Kier alpha value is -0.300. The third-order valence-corrected chi connectivity index (χ3v) is 3.94. The van der Waals surface area contributed by atoms with Crippen molar-refractivity contribution >= 4 is 40.3 Å². The van der Waals surface area contributed by atoms with E-state index < -0.39 is 0 Å². The third-order valence-electron chi connectivity index (χ3n) is 3.94. The van der Waals surface area contributed by atoms with Gasteiger partial charge in [0.15, 0.2) is 0 Å². The second-order valence-electron chi connectivity index (χ2n) is 6.48. The summed E-state index contributed by atoms with van der Waals surface area (Å²) < 4.78 is 0. The third kappa shape index (κ3) is 3.30. The molecule has 0 unspecified atom stereocenters. The van der Waals surface area contributed by atoms with Gasteiger partial charge in [-0.25, -0.2) is 0 Å². The van der Waals surface area contributed by atoms with Crippen LogP contribution in [0.1, 0.15) is 76.0 Å². The summed E-state index contributed by atoms with van der Waals surface area (Å²) in [6.45, 7) is 13.9. The van der Waals surface area contributed by atoms with Crippen LogP contribution < -0.4 is 0 Å². The maximum atomic E-state index is 2.40. The minimum Gasteiger partial charge on any atom is -0.0616 e. The van der Waals surface area contributed by atoms with E-state index in [0.29, 0.717) is 17.8 Å². The summed E-state index contributed by atoms with van der Waals surface area (Å²) in [6.07, 6.45) is 0. The molecule has 0 aliphatic heterocycles. The van der Waals surface area contributed by atoms with E-state index in [1.54, 1.807) is 11.1 Å². The van der Waals surface area contributed by atoms with Gasteiger partial charge in [0, 0.05) is 29.6 Å². The number of hydrogen-bond donors (Lipinski definition) is 0. The molecule has 1 radical (unpaired) electrons. The molecule has 2 rings (SSSR count). The van der Waals surface area contributed by atoms with Crippen LogP contribution in [0.2, 0.25) is 0 Å². The van der Waals surface area contributed by atoms with E-state index in [2.05, 4.69) is 71.9 Å². The Bertz CT molecular complexity index is 580. The van der Waals surface area contributed by atoms with Crippen LogP contribution in [0.5, 0.6) is 0 Å². The van der Waals surface area contributed by atoms with E-state index in [4.69, 9.17) is 0 Å². The van der Waals surface area contributed by atoms with Crippen molar-refractivity contribution in [2.45, 2.75) is 59.3 Å². The summed E-state index contributed by atoms with van der Waals surface area (Å²) in [5.41, 5.74) is 4.65. The molecule has 0 fully saturated rings. The fraction of sp³-hybridized carbons (Fsp3) is 0.474. The summed E-state index contributed by atoms with van der Waals surface area (Å²) in [5.74, 6) is 1.74. The van der Waals surface area contributed by atoms with Gasteiger partial charge in [0.2, 0.25) is 0 Å². The van der Waals surface area contributed by atoms with Crippen molar-refractivity contribution in [1.82, 2.24) is 0 Å². The molecule has 0 spiro atoms. The van der Waals surface area contributed by atoms with Crippen LogP contribution in [0, 0.1) is 0 Å². The molecule has 0 amide bonds. The zero-order chi connectivity index (χ0) is 14.2. The molecule has 0 bridgehead atoms. The molecule has 2 aromatic rings. The molecule has 0 saturated carbocycles.